The summed E-state index contributed by atoms with van der Waals surface area (Å²) in [6.07, 6.45) is 2.13. The van der Waals surface area contributed by atoms with E-state index < -0.39 is 17.5 Å². The fraction of sp³-hybridized carbons (Fsp3) is 0.417. The summed E-state index contributed by atoms with van der Waals surface area (Å²) in [5.41, 5.74) is 0.0713. The van der Waals surface area contributed by atoms with Gasteiger partial charge in [0.15, 0.2) is 0 Å². The number of nitrogens with zero attached hydrogens (tertiary/aromatic N) is 3. The van der Waals surface area contributed by atoms with Crippen molar-refractivity contribution in [1.29, 1.82) is 0 Å². The van der Waals surface area contributed by atoms with Crippen molar-refractivity contribution in [3.8, 4) is 11.1 Å². The van der Waals surface area contributed by atoms with E-state index in [1.807, 2.05) is 0 Å². The molecule has 1 aliphatic heterocycles. The van der Waals surface area contributed by atoms with Crippen molar-refractivity contribution in [1.82, 2.24) is 14.5 Å². The van der Waals surface area contributed by atoms with Crippen LogP contribution in [-0.2, 0) is 6.54 Å². The molecule has 0 amide bonds. The van der Waals surface area contributed by atoms with E-state index in [4.69, 9.17) is 0 Å². The molecule has 31 heavy (non-hydrogen) atoms. The van der Waals surface area contributed by atoms with Gasteiger partial charge in [0.1, 0.15) is 23.3 Å². The first-order valence-electron chi connectivity index (χ1n) is 10.6. The molecule has 2 heterocycles. The van der Waals surface area contributed by atoms with Gasteiger partial charge in [-0.3, -0.25) is 9.36 Å². The first-order valence-corrected chi connectivity index (χ1v) is 10.6. The monoisotopic (exact) mass is 429 g/mol. The molecule has 0 unspecified atom stereocenters. The normalized spacial score (nSPS) is 17.6. The Balaban J connectivity index is 1.74. The van der Waals surface area contributed by atoms with Crippen LogP contribution in [0.25, 0.3) is 22.0 Å². The number of rotatable bonds is 4. The highest BCUT2D eigenvalue weighted by atomic mass is 19.1. The largest absolute Gasteiger partial charge is 0.301 e. The van der Waals surface area contributed by atoms with E-state index in [1.54, 1.807) is 17.6 Å². The molecule has 0 N–H and O–H groups in total. The molecular formula is C24H26F3N3O. The number of likely N-dealkylation sites (tertiary alicyclic amines) is 1. The number of aryl methyl sites for hydroxylation is 1. The third-order valence-corrected chi connectivity index (χ3v) is 6.16. The second kappa shape index (κ2) is 8.46. The first-order chi connectivity index (χ1) is 14.7. The van der Waals surface area contributed by atoms with Crippen LogP contribution in [0.5, 0.6) is 0 Å². The van der Waals surface area contributed by atoms with Crippen LogP contribution < -0.4 is 5.56 Å². The minimum Gasteiger partial charge on any atom is -0.301 e. The minimum absolute atomic E-state index is 0.181. The van der Waals surface area contributed by atoms with E-state index in [9.17, 15) is 18.0 Å². The van der Waals surface area contributed by atoms with Crippen LogP contribution in [0.4, 0.5) is 13.2 Å². The molecule has 164 valence electrons. The van der Waals surface area contributed by atoms with Gasteiger partial charge in [0.2, 0.25) is 0 Å². The van der Waals surface area contributed by atoms with Crippen molar-refractivity contribution in [2.45, 2.75) is 46.2 Å². The van der Waals surface area contributed by atoms with Crippen LogP contribution >= 0.6 is 0 Å². The maximum absolute atomic E-state index is 14.3. The molecule has 2 aromatic carbocycles. The Kier molecular flexibility index (Phi) is 5.88. The maximum Gasteiger partial charge on any atom is 0.261 e. The second-order valence-corrected chi connectivity index (χ2v) is 8.65. The van der Waals surface area contributed by atoms with Crippen LogP contribution in [0.2, 0.25) is 0 Å². The quantitative estimate of drug-likeness (QED) is 0.592. The van der Waals surface area contributed by atoms with Gasteiger partial charge in [0.05, 0.1) is 16.5 Å². The fourth-order valence-electron chi connectivity index (χ4n) is 4.49. The SMILES string of the molecule is Cc1nc2ccc(-c3c(F)cc(F)cc3F)cc2c(=O)n1C[C@H]1CCCN(C(C)C)C1. The zero-order valence-corrected chi connectivity index (χ0v) is 18.0. The summed E-state index contributed by atoms with van der Waals surface area (Å²) in [4.78, 5) is 20.3. The zero-order chi connectivity index (χ0) is 22.3. The molecule has 4 rings (SSSR count). The molecule has 0 spiro atoms. The molecule has 7 heteroatoms. The zero-order valence-electron chi connectivity index (χ0n) is 18.0. The van der Waals surface area contributed by atoms with Crippen LogP contribution in [0.15, 0.2) is 35.1 Å². The summed E-state index contributed by atoms with van der Waals surface area (Å²) in [5.74, 6) is -2.04. The van der Waals surface area contributed by atoms with E-state index in [0.717, 1.165) is 25.9 Å². The predicted octanol–water partition coefficient (Wildman–Crippen LogP) is 4.91. The molecule has 1 aliphatic rings. The van der Waals surface area contributed by atoms with Crippen molar-refractivity contribution in [2.75, 3.05) is 13.1 Å². The van der Waals surface area contributed by atoms with Crippen LogP contribution in [0.1, 0.15) is 32.5 Å². The van der Waals surface area contributed by atoms with E-state index >= 15 is 0 Å². The Morgan fingerprint density at radius 2 is 1.84 bits per heavy atom. The standard InChI is InChI=1S/C24H26F3N3O/c1-14(2)29-8-4-5-16(12-29)13-30-15(3)28-22-7-6-17(9-19(22)24(30)31)23-20(26)10-18(25)11-21(23)27/h6-7,9-11,14,16H,4-5,8,12-13H2,1-3H3/t16-/m0/s1. The van der Waals surface area contributed by atoms with Crippen molar-refractivity contribution < 1.29 is 13.2 Å². The lowest BCUT2D eigenvalue weighted by Gasteiger charge is -2.35. The lowest BCUT2D eigenvalue weighted by atomic mass is 9.96. The number of fused-ring (bicyclic) bond motifs is 1. The van der Waals surface area contributed by atoms with Gasteiger partial charge < -0.3 is 4.90 Å². The van der Waals surface area contributed by atoms with E-state index in [1.165, 1.54) is 12.1 Å². The van der Waals surface area contributed by atoms with Gasteiger partial charge in [0, 0.05) is 31.3 Å². The number of piperidine rings is 1. The molecule has 1 saturated heterocycles. The lowest BCUT2D eigenvalue weighted by molar-refractivity contribution is 0.129. The Morgan fingerprint density at radius 3 is 2.52 bits per heavy atom. The number of hydrogen-bond acceptors (Lipinski definition) is 3. The smallest absolute Gasteiger partial charge is 0.261 e. The molecule has 0 radical (unpaired) electrons. The molecular weight excluding hydrogens is 403 g/mol. The summed E-state index contributed by atoms with van der Waals surface area (Å²) in [6, 6.07) is 6.25. The van der Waals surface area contributed by atoms with E-state index in [2.05, 4.69) is 23.7 Å². The number of hydrogen-bond donors (Lipinski definition) is 0. The first kappa shape index (κ1) is 21.6. The summed E-state index contributed by atoms with van der Waals surface area (Å²) in [7, 11) is 0. The van der Waals surface area contributed by atoms with Crippen molar-refractivity contribution in [2.24, 2.45) is 5.92 Å². The molecule has 1 aromatic heterocycles. The number of aromatic nitrogens is 2. The molecule has 1 atom stereocenters. The summed E-state index contributed by atoms with van der Waals surface area (Å²) < 4.78 is 43.5. The average molecular weight is 429 g/mol. The molecule has 1 fully saturated rings. The van der Waals surface area contributed by atoms with Gasteiger partial charge in [-0.05, 0) is 63.8 Å². The number of halogens is 3. The highest BCUT2D eigenvalue weighted by molar-refractivity contribution is 5.84. The lowest BCUT2D eigenvalue weighted by Crippen LogP contribution is -2.42. The van der Waals surface area contributed by atoms with Gasteiger partial charge in [0.25, 0.3) is 5.56 Å². The van der Waals surface area contributed by atoms with E-state index in [-0.39, 0.29) is 16.7 Å². The Labute approximate surface area is 179 Å². The van der Waals surface area contributed by atoms with Gasteiger partial charge in [-0.2, -0.15) is 0 Å². The van der Waals surface area contributed by atoms with E-state index in [0.29, 0.717) is 47.4 Å². The molecule has 4 nitrogen and oxygen atoms in total. The van der Waals surface area contributed by atoms with Gasteiger partial charge in [-0.1, -0.05) is 6.07 Å². The highest BCUT2D eigenvalue weighted by Crippen LogP contribution is 2.29. The Bertz CT molecular complexity index is 1170. The molecule has 0 aliphatic carbocycles. The molecule has 0 saturated carbocycles. The average Bonchev–Trinajstić information content (AvgIpc) is 2.71. The fourth-order valence-corrected chi connectivity index (χ4v) is 4.49. The summed E-state index contributed by atoms with van der Waals surface area (Å²) >= 11 is 0. The Hall–Kier alpha value is -2.67. The third kappa shape index (κ3) is 4.24. The molecule has 3 aromatic rings. The van der Waals surface area contributed by atoms with Crippen LogP contribution in [0.3, 0.4) is 0 Å². The minimum atomic E-state index is -1.01. The van der Waals surface area contributed by atoms with Gasteiger partial charge >= 0.3 is 0 Å². The van der Waals surface area contributed by atoms with Gasteiger partial charge in [-0.15, -0.1) is 0 Å². The summed E-state index contributed by atoms with van der Waals surface area (Å²) in [6.45, 7) is 8.69. The van der Waals surface area contributed by atoms with Crippen molar-refractivity contribution in [3.63, 3.8) is 0 Å². The van der Waals surface area contributed by atoms with Gasteiger partial charge in [-0.25, -0.2) is 18.2 Å². The highest BCUT2D eigenvalue weighted by Gasteiger charge is 2.23. The topological polar surface area (TPSA) is 38.1 Å². The maximum atomic E-state index is 14.3. The Morgan fingerprint density at radius 1 is 1.13 bits per heavy atom. The molecule has 0 bridgehead atoms. The van der Waals surface area contributed by atoms with Crippen molar-refractivity contribution in [3.05, 3.63) is 64.0 Å². The second-order valence-electron chi connectivity index (χ2n) is 8.65. The van der Waals surface area contributed by atoms with Crippen LogP contribution in [0, 0.1) is 30.3 Å². The van der Waals surface area contributed by atoms with Crippen LogP contribution in [-0.4, -0.2) is 33.6 Å². The number of benzene rings is 2. The summed E-state index contributed by atoms with van der Waals surface area (Å²) in [5, 5.41) is 0.294. The van der Waals surface area contributed by atoms with Crippen molar-refractivity contribution >= 4 is 10.9 Å². The predicted molar refractivity (Wildman–Crippen MR) is 115 cm³/mol. The third-order valence-electron chi connectivity index (χ3n) is 6.16.